The van der Waals surface area contributed by atoms with Crippen LogP contribution in [0.2, 0.25) is 0 Å². The lowest BCUT2D eigenvalue weighted by atomic mass is 10.0. The maximum Gasteiger partial charge on any atom is 0.269 e. The van der Waals surface area contributed by atoms with Gasteiger partial charge in [0.1, 0.15) is 0 Å². The van der Waals surface area contributed by atoms with Crippen molar-refractivity contribution in [2.75, 3.05) is 13.1 Å². The van der Waals surface area contributed by atoms with Crippen LogP contribution in [-0.4, -0.2) is 23.6 Å². The Hall–Kier alpha value is -1.46. The molecule has 0 unspecified atom stereocenters. The molecule has 1 aromatic rings. The Bertz CT molecular complexity index is 402. The fraction of sp³-hybridized carbons (Fsp3) is 0.571. The van der Waals surface area contributed by atoms with E-state index in [4.69, 9.17) is 0 Å². The molecule has 0 fully saturated rings. The van der Waals surface area contributed by atoms with Gasteiger partial charge in [-0.05, 0) is 25.8 Å². The third kappa shape index (κ3) is 5.81. The molecule has 0 aliphatic carbocycles. The summed E-state index contributed by atoms with van der Waals surface area (Å²) in [6.45, 7) is 9.05. The van der Waals surface area contributed by atoms with E-state index >= 15 is 0 Å². The molecular weight excluding hydrogens is 242 g/mol. The van der Waals surface area contributed by atoms with Crippen LogP contribution in [0.3, 0.4) is 0 Å². The zero-order valence-corrected chi connectivity index (χ0v) is 11.9. The number of non-ortho nitro benzene ring substituents is 1. The highest BCUT2D eigenvalue weighted by molar-refractivity contribution is 5.32. The van der Waals surface area contributed by atoms with Gasteiger partial charge in [0.2, 0.25) is 0 Å². The molecule has 0 saturated heterocycles. The normalized spacial score (nSPS) is 11.5. The Kier molecular flexibility index (Phi) is 5.92. The Labute approximate surface area is 114 Å². The zero-order chi connectivity index (χ0) is 14.3. The van der Waals surface area contributed by atoms with Crippen molar-refractivity contribution in [1.29, 1.82) is 0 Å². The van der Waals surface area contributed by atoms with Crippen molar-refractivity contribution in [3.8, 4) is 0 Å². The SMILES string of the molecule is CCC(C)(C)NCCNCc1ccc([N+](=O)[O-])cc1. The van der Waals surface area contributed by atoms with Gasteiger partial charge in [0.15, 0.2) is 0 Å². The third-order valence-electron chi connectivity index (χ3n) is 3.27. The molecule has 0 aromatic heterocycles. The van der Waals surface area contributed by atoms with Crippen molar-refractivity contribution in [1.82, 2.24) is 10.6 Å². The van der Waals surface area contributed by atoms with Crippen LogP contribution in [0.4, 0.5) is 5.69 Å². The highest BCUT2D eigenvalue weighted by atomic mass is 16.6. The average molecular weight is 265 g/mol. The zero-order valence-electron chi connectivity index (χ0n) is 11.9. The first kappa shape index (κ1) is 15.6. The first-order valence-electron chi connectivity index (χ1n) is 6.63. The van der Waals surface area contributed by atoms with Crippen LogP contribution in [-0.2, 0) is 6.54 Å². The Morgan fingerprint density at radius 3 is 2.37 bits per heavy atom. The molecule has 5 nitrogen and oxygen atoms in total. The molecule has 19 heavy (non-hydrogen) atoms. The first-order valence-corrected chi connectivity index (χ1v) is 6.63. The van der Waals surface area contributed by atoms with Gasteiger partial charge in [0, 0.05) is 37.3 Å². The number of nitrogens with one attached hydrogen (secondary N) is 2. The first-order chi connectivity index (χ1) is 8.94. The van der Waals surface area contributed by atoms with Gasteiger partial charge in [0.05, 0.1) is 4.92 Å². The molecule has 0 heterocycles. The Morgan fingerprint density at radius 1 is 1.21 bits per heavy atom. The fourth-order valence-corrected chi connectivity index (χ4v) is 1.58. The molecular formula is C14H23N3O2. The standard InChI is InChI=1S/C14H23N3O2/c1-4-14(2,3)16-10-9-15-11-12-5-7-13(8-6-12)17(18)19/h5-8,15-16H,4,9-11H2,1-3H3. The summed E-state index contributed by atoms with van der Waals surface area (Å²) in [5.41, 5.74) is 1.37. The van der Waals surface area contributed by atoms with Crippen LogP contribution in [0.1, 0.15) is 32.8 Å². The summed E-state index contributed by atoms with van der Waals surface area (Å²) < 4.78 is 0. The second-order valence-corrected chi connectivity index (χ2v) is 5.26. The van der Waals surface area contributed by atoms with Gasteiger partial charge in [-0.15, -0.1) is 0 Å². The van der Waals surface area contributed by atoms with E-state index in [9.17, 15) is 10.1 Å². The van der Waals surface area contributed by atoms with Crippen molar-refractivity contribution in [2.45, 2.75) is 39.3 Å². The van der Waals surface area contributed by atoms with Gasteiger partial charge >= 0.3 is 0 Å². The summed E-state index contributed by atoms with van der Waals surface area (Å²) in [4.78, 5) is 10.1. The molecule has 1 aromatic carbocycles. The fourth-order valence-electron chi connectivity index (χ4n) is 1.58. The van der Waals surface area contributed by atoms with Crippen molar-refractivity contribution in [2.24, 2.45) is 0 Å². The predicted molar refractivity (Wildman–Crippen MR) is 77.2 cm³/mol. The molecule has 5 heteroatoms. The lowest BCUT2D eigenvalue weighted by molar-refractivity contribution is -0.384. The lowest BCUT2D eigenvalue weighted by Gasteiger charge is -2.24. The van der Waals surface area contributed by atoms with E-state index in [1.54, 1.807) is 12.1 Å². The molecule has 0 radical (unpaired) electrons. The quantitative estimate of drug-likeness (QED) is 0.430. The van der Waals surface area contributed by atoms with Gasteiger partial charge in [-0.3, -0.25) is 10.1 Å². The van der Waals surface area contributed by atoms with Crippen LogP contribution in [0, 0.1) is 10.1 Å². The molecule has 0 atom stereocenters. The largest absolute Gasteiger partial charge is 0.311 e. The number of hydrogen-bond acceptors (Lipinski definition) is 4. The number of rotatable bonds is 8. The molecule has 0 saturated carbocycles. The van der Waals surface area contributed by atoms with E-state index in [0.717, 1.165) is 31.6 Å². The predicted octanol–water partition coefficient (Wildman–Crippen LogP) is 2.46. The molecule has 0 aliphatic heterocycles. The maximum atomic E-state index is 10.5. The summed E-state index contributed by atoms with van der Waals surface area (Å²) in [5.74, 6) is 0. The van der Waals surface area contributed by atoms with E-state index in [2.05, 4.69) is 31.4 Å². The second-order valence-electron chi connectivity index (χ2n) is 5.26. The summed E-state index contributed by atoms with van der Waals surface area (Å²) in [6, 6.07) is 6.65. The van der Waals surface area contributed by atoms with Gasteiger partial charge in [-0.1, -0.05) is 19.1 Å². The van der Waals surface area contributed by atoms with Crippen molar-refractivity contribution in [3.05, 3.63) is 39.9 Å². The summed E-state index contributed by atoms with van der Waals surface area (Å²) in [5, 5.41) is 17.3. The molecule has 1 rings (SSSR count). The van der Waals surface area contributed by atoms with E-state index in [1.807, 2.05) is 0 Å². The van der Waals surface area contributed by atoms with E-state index in [-0.39, 0.29) is 16.1 Å². The minimum Gasteiger partial charge on any atom is -0.311 e. The summed E-state index contributed by atoms with van der Waals surface area (Å²) in [7, 11) is 0. The van der Waals surface area contributed by atoms with Gasteiger partial charge in [-0.25, -0.2) is 0 Å². The highest BCUT2D eigenvalue weighted by Crippen LogP contribution is 2.11. The van der Waals surface area contributed by atoms with Crippen LogP contribution >= 0.6 is 0 Å². The molecule has 0 bridgehead atoms. The van der Waals surface area contributed by atoms with Crippen LogP contribution < -0.4 is 10.6 Å². The number of nitrogens with zero attached hydrogens (tertiary/aromatic N) is 1. The molecule has 0 aliphatic rings. The number of nitro groups is 1. The van der Waals surface area contributed by atoms with E-state index in [0.29, 0.717) is 0 Å². The number of nitro benzene ring substituents is 1. The van der Waals surface area contributed by atoms with Crippen LogP contribution in [0.5, 0.6) is 0 Å². The van der Waals surface area contributed by atoms with E-state index < -0.39 is 0 Å². The third-order valence-corrected chi connectivity index (χ3v) is 3.27. The minimum absolute atomic E-state index is 0.134. The molecule has 2 N–H and O–H groups in total. The smallest absolute Gasteiger partial charge is 0.269 e. The minimum atomic E-state index is -0.381. The average Bonchev–Trinajstić information content (AvgIpc) is 2.39. The van der Waals surface area contributed by atoms with Crippen molar-refractivity contribution < 1.29 is 4.92 Å². The van der Waals surface area contributed by atoms with Crippen molar-refractivity contribution >= 4 is 5.69 Å². The van der Waals surface area contributed by atoms with Gasteiger partial charge in [0.25, 0.3) is 5.69 Å². The number of benzene rings is 1. The Balaban J connectivity index is 2.24. The van der Waals surface area contributed by atoms with Crippen LogP contribution in [0.25, 0.3) is 0 Å². The van der Waals surface area contributed by atoms with Crippen LogP contribution in [0.15, 0.2) is 24.3 Å². The van der Waals surface area contributed by atoms with Gasteiger partial charge in [-0.2, -0.15) is 0 Å². The maximum absolute atomic E-state index is 10.5. The molecule has 106 valence electrons. The van der Waals surface area contributed by atoms with Gasteiger partial charge < -0.3 is 10.6 Å². The number of hydrogen-bond donors (Lipinski definition) is 2. The van der Waals surface area contributed by atoms with E-state index in [1.165, 1.54) is 12.1 Å². The molecule has 0 spiro atoms. The molecule has 0 amide bonds. The lowest BCUT2D eigenvalue weighted by Crippen LogP contribution is -2.42. The van der Waals surface area contributed by atoms with Crippen molar-refractivity contribution in [3.63, 3.8) is 0 Å². The summed E-state index contributed by atoms with van der Waals surface area (Å²) >= 11 is 0. The summed E-state index contributed by atoms with van der Waals surface area (Å²) in [6.07, 6.45) is 1.09. The topological polar surface area (TPSA) is 67.2 Å². The monoisotopic (exact) mass is 265 g/mol. The Morgan fingerprint density at radius 2 is 1.84 bits per heavy atom. The highest BCUT2D eigenvalue weighted by Gasteiger charge is 2.12. The second kappa shape index (κ2) is 7.21.